The third-order valence-corrected chi connectivity index (χ3v) is 6.21. The lowest BCUT2D eigenvalue weighted by molar-refractivity contribution is -0.129. The van der Waals surface area contributed by atoms with Gasteiger partial charge in [0.15, 0.2) is 11.9 Å². The summed E-state index contributed by atoms with van der Waals surface area (Å²) in [6.45, 7) is 4.22. The van der Waals surface area contributed by atoms with Crippen LogP contribution in [0.25, 0.3) is 0 Å². The van der Waals surface area contributed by atoms with Gasteiger partial charge >= 0.3 is 5.97 Å². The van der Waals surface area contributed by atoms with Gasteiger partial charge in [-0.1, -0.05) is 19.9 Å². The number of rotatable bonds is 6. The van der Waals surface area contributed by atoms with E-state index in [0.717, 1.165) is 12.8 Å². The van der Waals surface area contributed by atoms with Gasteiger partial charge in [-0.15, -0.1) is 0 Å². The second-order valence-electron chi connectivity index (χ2n) is 5.72. The zero-order chi connectivity index (χ0) is 17.7. The number of nitrogens with zero attached hydrogens (tertiary/aromatic N) is 1. The van der Waals surface area contributed by atoms with E-state index in [2.05, 4.69) is 0 Å². The molecule has 7 heteroatoms. The Morgan fingerprint density at radius 2 is 1.96 bits per heavy atom. The van der Waals surface area contributed by atoms with E-state index >= 15 is 0 Å². The smallest absolute Gasteiger partial charge is 0.338 e. The van der Waals surface area contributed by atoms with Gasteiger partial charge in [0.05, 0.1) is 10.5 Å². The molecule has 1 fully saturated rings. The SMILES string of the molecule is CCN(CC)S(=O)(=O)c1cccc(C(=O)O[C@@H]2CCCCC2=O)c1. The number of ketones is 1. The van der Waals surface area contributed by atoms with Gasteiger partial charge in [-0.3, -0.25) is 4.79 Å². The molecule has 1 aliphatic carbocycles. The van der Waals surface area contributed by atoms with Crippen LogP contribution in [0.1, 0.15) is 49.9 Å². The third-order valence-electron chi connectivity index (χ3n) is 4.16. The maximum absolute atomic E-state index is 12.5. The predicted octanol–water partition coefficient (Wildman–Crippen LogP) is 2.39. The molecule has 1 atom stereocenters. The standard InChI is InChI=1S/C17H23NO5S/c1-3-18(4-2)24(21,22)14-9-7-8-13(12-14)17(20)23-16-11-6-5-10-15(16)19/h7-9,12,16H,3-6,10-11H2,1-2H3/t16-/m1/s1. The van der Waals surface area contributed by atoms with Crippen molar-refractivity contribution in [2.24, 2.45) is 0 Å². The lowest BCUT2D eigenvalue weighted by Crippen LogP contribution is -2.31. The summed E-state index contributed by atoms with van der Waals surface area (Å²) in [5.74, 6) is -0.728. The number of ether oxygens (including phenoxy) is 1. The summed E-state index contributed by atoms with van der Waals surface area (Å²) < 4.78 is 31.7. The molecule has 0 heterocycles. The predicted molar refractivity (Wildman–Crippen MR) is 89.2 cm³/mol. The molecule has 1 aromatic carbocycles. The van der Waals surface area contributed by atoms with Gasteiger partial charge < -0.3 is 4.74 Å². The van der Waals surface area contributed by atoms with Crippen molar-refractivity contribution in [3.63, 3.8) is 0 Å². The molecule has 0 amide bonds. The first-order valence-corrected chi connectivity index (χ1v) is 9.68. The number of hydrogen-bond acceptors (Lipinski definition) is 5. The average molecular weight is 353 g/mol. The molecule has 2 rings (SSSR count). The summed E-state index contributed by atoms with van der Waals surface area (Å²) in [5.41, 5.74) is 0.140. The molecular weight excluding hydrogens is 330 g/mol. The van der Waals surface area contributed by atoms with Gasteiger partial charge in [-0.2, -0.15) is 4.31 Å². The molecule has 0 N–H and O–H groups in total. The van der Waals surface area contributed by atoms with Crippen LogP contribution in [0.4, 0.5) is 0 Å². The van der Waals surface area contributed by atoms with Crippen LogP contribution in [-0.4, -0.2) is 43.7 Å². The number of carbonyl (C=O) groups excluding carboxylic acids is 2. The maximum atomic E-state index is 12.5. The summed E-state index contributed by atoms with van der Waals surface area (Å²) >= 11 is 0. The quantitative estimate of drug-likeness (QED) is 0.734. The Hall–Kier alpha value is -1.73. The van der Waals surface area contributed by atoms with Crippen LogP contribution in [0.3, 0.4) is 0 Å². The minimum absolute atomic E-state index is 0.0515. The van der Waals surface area contributed by atoms with Crippen LogP contribution in [0.5, 0.6) is 0 Å². The highest BCUT2D eigenvalue weighted by atomic mass is 32.2. The Kier molecular flexibility index (Phi) is 6.12. The van der Waals surface area contributed by atoms with Crippen molar-refractivity contribution in [1.82, 2.24) is 4.31 Å². The van der Waals surface area contributed by atoms with E-state index in [1.54, 1.807) is 13.8 Å². The molecule has 0 aromatic heterocycles. The maximum Gasteiger partial charge on any atom is 0.338 e. The first-order valence-electron chi connectivity index (χ1n) is 8.24. The van der Waals surface area contributed by atoms with Crippen LogP contribution < -0.4 is 0 Å². The Balaban J connectivity index is 2.20. The van der Waals surface area contributed by atoms with E-state index in [4.69, 9.17) is 4.74 Å². The zero-order valence-electron chi connectivity index (χ0n) is 14.0. The highest BCUT2D eigenvalue weighted by molar-refractivity contribution is 7.89. The monoisotopic (exact) mass is 353 g/mol. The summed E-state index contributed by atoms with van der Waals surface area (Å²) in [5, 5.41) is 0. The summed E-state index contributed by atoms with van der Waals surface area (Å²) in [6, 6.07) is 5.77. The van der Waals surface area contributed by atoms with Gasteiger partial charge in [0.25, 0.3) is 0 Å². The molecule has 0 unspecified atom stereocenters. The second kappa shape index (κ2) is 7.90. The van der Waals surface area contributed by atoms with Crippen LogP contribution in [-0.2, 0) is 19.6 Å². The average Bonchev–Trinajstić information content (AvgIpc) is 2.58. The van der Waals surface area contributed by atoms with Crippen molar-refractivity contribution in [1.29, 1.82) is 0 Å². The minimum atomic E-state index is -3.64. The molecule has 6 nitrogen and oxygen atoms in total. The fourth-order valence-corrected chi connectivity index (χ4v) is 4.27. The van der Waals surface area contributed by atoms with E-state index in [-0.39, 0.29) is 16.2 Å². The van der Waals surface area contributed by atoms with Gasteiger partial charge in [0.1, 0.15) is 0 Å². The molecule has 24 heavy (non-hydrogen) atoms. The van der Waals surface area contributed by atoms with E-state index < -0.39 is 22.1 Å². The molecule has 0 radical (unpaired) electrons. The van der Waals surface area contributed by atoms with Gasteiger partial charge in [0, 0.05) is 19.5 Å². The number of carbonyl (C=O) groups is 2. The Bertz CT molecular complexity index is 709. The zero-order valence-corrected chi connectivity index (χ0v) is 14.8. The molecule has 0 saturated heterocycles. The summed E-state index contributed by atoms with van der Waals surface area (Å²) in [7, 11) is -3.64. The lowest BCUT2D eigenvalue weighted by Gasteiger charge is -2.21. The molecular formula is C17H23NO5S. The number of esters is 1. The normalized spacial score (nSPS) is 18.6. The second-order valence-corrected chi connectivity index (χ2v) is 7.66. The third kappa shape index (κ3) is 4.02. The molecule has 1 aromatic rings. The van der Waals surface area contributed by atoms with Crippen LogP contribution >= 0.6 is 0 Å². The van der Waals surface area contributed by atoms with E-state index in [0.29, 0.717) is 25.9 Å². The Labute approximate surface area is 142 Å². The van der Waals surface area contributed by atoms with Crippen molar-refractivity contribution < 1.29 is 22.7 Å². The van der Waals surface area contributed by atoms with Crippen molar-refractivity contribution >= 4 is 21.8 Å². The molecule has 0 bridgehead atoms. The van der Waals surface area contributed by atoms with Crippen LogP contribution in [0.2, 0.25) is 0 Å². The van der Waals surface area contributed by atoms with Gasteiger partial charge in [-0.25, -0.2) is 13.2 Å². The van der Waals surface area contributed by atoms with E-state index in [1.165, 1.54) is 28.6 Å². The lowest BCUT2D eigenvalue weighted by atomic mass is 9.96. The van der Waals surface area contributed by atoms with Crippen molar-refractivity contribution in [2.75, 3.05) is 13.1 Å². The molecule has 132 valence electrons. The van der Waals surface area contributed by atoms with Crippen LogP contribution in [0.15, 0.2) is 29.2 Å². The van der Waals surface area contributed by atoms with Crippen molar-refractivity contribution in [3.8, 4) is 0 Å². The van der Waals surface area contributed by atoms with Crippen molar-refractivity contribution in [2.45, 2.75) is 50.5 Å². The summed E-state index contributed by atoms with van der Waals surface area (Å²) in [4.78, 5) is 24.1. The summed E-state index contributed by atoms with van der Waals surface area (Å²) in [6.07, 6.45) is 1.91. The minimum Gasteiger partial charge on any atom is -0.451 e. The molecule has 1 saturated carbocycles. The van der Waals surface area contributed by atoms with Crippen LogP contribution in [0, 0.1) is 0 Å². The Morgan fingerprint density at radius 1 is 1.25 bits per heavy atom. The highest BCUT2D eigenvalue weighted by Crippen LogP contribution is 2.21. The number of hydrogen-bond donors (Lipinski definition) is 0. The largest absolute Gasteiger partial charge is 0.451 e. The van der Waals surface area contributed by atoms with Gasteiger partial charge in [0.2, 0.25) is 10.0 Å². The first-order chi connectivity index (χ1) is 11.4. The van der Waals surface area contributed by atoms with E-state index in [9.17, 15) is 18.0 Å². The topological polar surface area (TPSA) is 80.8 Å². The first kappa shape index (κ1) is 18.6. The van der Waals surface area contributed by atoms with Gasteiger partial charge in [-0.05, 0) is 37.5 Å². The fraction of sp³-hybridized carbons (Fsp3) is 0.529. The fourth-order valence-electron chi connectivity index (χ4n) is 2.77. The number of sulfonamides is 1. The highest BCUT2D eigenvalue weighted by Gasteiger charge is 2.27. The Morgan fingerprint density at radius 3 is 2.58 bits per heavy atom. The number of benzene rings is 1. The molecule has 0 spiro atoms. The molecule has 0 aliphatic heterocycles. The van der Waals surface area contributed by atoms with Crippen molar-refractivity contribution in [3.05, 3.63) is 29.8 Å². The number of Topliss-reactive ketones (excluding diaryl/α,β-unsaturated/α-hetero) is 1. The molecule has 1 aliphatic rings. The van der Waals surface area contributed by atoms with E-state index in [1.807, 2.05) is 0 Å².